The van der Waals surface area contributed by atoms with Gasteiger partial charge >= 0.3 is 0 Å². The lowest BCUT2D eigenvalue weighted by atomic mass is 9.75. The van der Waals surface area contributed by atoms with E-state index in [9.17, 15) is 13.2 Å². The number of para-hydroxylation sites is 1. The van der Waals surface area contributed by atoms with Crippen molar-refractivity contribution in [2.75, 3.05) is 17.8 Å². The van der Waals surface area contributed by atoms with Crippen LogP contribution in [0.4, 0.5) is 5.69 Å². The van der Waals surface area contributed by atoms with E-state index in [0.717, 1.165) is 24.0 Å². The Labute approximate surface area is 191 Å². The fourth-order valence-corrected chi connectivity index (χ4v) is 6.90. The zero-order valence-corrected chi connectivity index (χ0v) is 19.6. The lowest BCUT2D eigenvalue weighted by molar-refractivity contribution is -0.269. The Hall–Kier alpha value is -2.49. The van der Waals surface area contributed by atoms with Crippen LogP contribution in [0.5, 0.6) is 0 Å². The SMILES string of the molecule is CC1(C)CC2(CCN(C(=O)c3ccc(NS(=O)(=O)c4cccc5scnc45)cc3)CC2)O1. The number of carbonyl (C=O) groups excluding carboxylic acids is 1. The van der Waals surface area contributed by atoms with Gasteiger partial charge in [0.1, 0.15) is 10.4 Å². The number of ether oxygens (including phenoxy) is 1. The molecule has 1 N–H and O–H groups in total. The molecule has 32 heavy (non-hydrogen) atoms. The quantitative estimate of drug-likeness (QED) is 0.614. The predicted octanol–water partition coefficient (Wildman–Crippen LogP) is 4.27. The summed E-state index contributed by atoms with van der Waals surface area (Å²) in [6.07, 6.45) is 2.73. The molecule has 0 radical (unpaired) electrons. The van der Waals surface area contributed by atoms with Gasteiger partial charge in [0.25, 0.3) is 15.9 Å². The first-order valence-electron chi connectivity index (χ1n) is 10.6. The van der Waals surface area contributed by atoms with Gasteiger partial charge in [-0.15, -0.1) is 11.3 Å². The molecular formula is C23H25N3O4S2. The molecule has 0 saturated carbocycles. The Morgan fingerprint density at radius 3 is 2.47 bits per heavy atom. The summed E-state index contributed by atoms with van der Waals surface area (Å²) in [5.41, 5.74) is 2.91. The highest BCUT2D eigenvalue weighted by Gasteiger charge is 2.51. The van der Waals surface area contributed by atoms with Gasteiger partial charge in [-0.2, -0.15) is 0 Å². The van der Waals surface area contributed by atoms with Crippen LogP contribution >= 0.6 is 11.3 Å². The number of anilines is 1. The average Bonchev–Trinajstić information content (AvgIpc) is 3.21. The number of aromatic nitrogens is 1. The van der Waals surface area contributed by atoms with Crippen LogP contribution in [0.1, 0.15) is 43.5 Å². The van der Waals surface area contributed by atoms with E-state index < -0.39 is 10.0 Å². The van der Waals surface area contributed by atoms with Gasteiger partial charge in [0.15, 0.2) is 0 Å². The predicted molar refractivity (Wildman–Crippen MR) is 125 cm³/mol. The van der Waals surface area contributed by atoms with Crippen LogP contribution in [-0.2, 0) is 14.8 Å². The second-order valence-electron chi connectivity index (χ2n) is 9.15. The molecule has 0 bridgehead atoms. The first-order valence-corrected chi connectivity index (χ1v) is 13.0. The number of benzene rings is 2. The van der Waals surface area contributed by atoms with Crippen molar-refractivity contribution >= 4 is 43.2 Å². The lowest BCUT2D eigenvalue weighted by Crippen LogP contribution is -2.61. The summed E-state index contributed by atoms with van der Waals surface area (Å²) in [6, 6.07) is 11.7. The number of likely N-dealkylation sites (tertiary alicyclic amines) is 1. The number of carbonyl (C=O) groups is 1. The third-order valence-electron chi connectivity index (χ3n) is 6.20. The minimum absolute atomic E-state index is 0.0416. The number of sulfonamides is 1. The van der Waals surface area contributed by atoms with Crippen molar-refractivity contribution in [2.24, 2.45) is 0 Å². The van der Waals surface area contributed by atoms with Gasteiger partial charge in [-0.05, 0) is 63.1 Å². The second kappa shape index (κ2) is 7.54. The monoisotopic (exact) mass is 471 g/mol. The Bertz CT molecular complexity index is 1260. The number of hydrogen-bond donors (Lipinski definition) is 1. The highest BCUT2D eigenvalue weighted by Crippen LogP contribution is 2.47. The van der Waals surface area contributed by atoms with Gasteiger partial charge in [0.05, 0.1) is 21.4 Å². The Balaban J connectivity index is 1.25. The van der Waals surface area contributed by atoms with E-state index in [1.807, 2.05) is 11.0 Å². The largest absolute Gasteiger partial charge is 0.369 e. The van der Waals surface area contributed by atoms with Gasteiger partial charge < -0.3 is 9.64 Å². The van der Waals surface area contributed by atoms with Gasteiger partial charge in [-0.3, -0.25) is 9.52 Å². The molecule has 0 aliphatic carbocycles. The molecule has 2 saturated heterocycles. The molecule has 1 amide bonds. The van der Waals surface area contributed by atoms with Gasteiger partial charge in [-0.25, -0.2) is 13.4 Å². The van der Waals surface area contributed by atoms with Crippen molar-refractivity contribution in [2.45, 2.75) is 49.2 Å². The Morgan fingerprint density at radius 1 is 1.12 bits per heavy atom. The zero-order valence-electron chi connectivity index (χ0n) is 18.0. The third kappa shape index (κ3) is 3.89. The average molecular weight is 472 g/mol. The molecule has 9 heteroatoms. The number of rotatable bonds is 4. The molecule has 2 aliphatic heterocycles. The molecule has 1 spiro atoms. The first-order chi connectivity index (χ1) is 15.2. The van der Waals surface area contributed by atoms with E-state index in [0.29, 0.717) is 29.9 Å². The Kier molecular flexibility index (Phi) is 5.03. The van der Waals surface area contributed by atoms with E-state index in [1.54, 1.807) is 41.9 Å². The fraction of sp³-hybridized carbons (Fsp3) is 0.391. The molecular weight excluding hydrogens is 446 g/mol. The summed E-state index contributed by atoms with van der Waals surface area (Å²) >= 11 is 1.39. The van der Waals surface area contributed by atoms with Crippen LogP contribution in [0.2, 0.25) is 0 Å². The number of nitrogens with zero attached hydrogens (tertiary/aromatic N) is 2. The number of hydrogen-bond acceptors (Lipinski definition) is 6. The molecule has 2 aromatic carbocycles. The van der Waals surface area contributed by atoms with Crippen LogP contribution in [0.25, 0.3) is 10.2 Å². The molecule has 0 atom stereocenters. The van der Waals surface area contributed by atoms with Crippen LogP contribution < -0.4 is 4.72 Å². The van der Waals surface area contributed by atoms with Crippen molar-refractivity contribution in [3.8, 4) is 0 Å². The van der Waals surface area contributed by atoms with Crippen molar-refractivity contribution in [3.05, 3.63) is 53.5 Å². The highest BCUT2D eigenvalue weighted by atomic mass is 32.2. The maximum absolute atomic E-state index is 12.9. The second-order valence-corrected chi connectivity index (χ2v) is 11.7. The maximum atomic E-state index is 12.9. The van der Waals surface area contributed by atoms with Crippen LogP contribution in [-0.4, -0.2) is 48.5 Å². The van der Waals surface area contributed by atoms with Crippen molar-refractivity contribution in [1.82, 2.24) is 9.88 Å². The highest BCUT2D eigenvalue weighted by molar-refractivity contribution is 7.93. The molecule has 0 unspecified atom stereocenters. The molecule has 7 nitrogen and oxygen atoms in total. The molecule has 3 aromatic rings. The van der Waals surface area contributed by atoms with E-state index >= 15 is 0 Å². The van der Waals surface area contributed by atoms with E-state index in [2.05, 4.69) is 23.6 Å². The number of piperidine rings is 1. The topological polar surface area (TPSA) is 88.6 Å². The number of nitrogens with one attached hydrogen (secondary N) is 1. The summed E-state index contributed by atoms with van der Waals surface area (Å²) in [6.45, 7) is 5.54. The smallest absolute Gasteiger partial charge is 0.264 e. The third-order valence-corrected chi connectivity index (χ3v) is 8.41. The zero-order chi connectivity index (χ0) is 22.6. The summed E-state index contributed by atoms with van der Waals surface area (Å²) < 4.78 is 35.3. The summed E-state index contributed by atoms with van der Waals surface area (Å²) in [5.74, 6) is -0.0416. The van der Waals surface area contributed by atoms with Crippen molar-refractivity contribution in [3.63, 3.8) is 0 Å². The standard InChI is InChI=1S/C23H25N3O4S2/c1-22(2)14-23(30-22)10-12-26(13-11-23)21(27)16-6-8-17(9-7-16)25-32(28,29)19-5-3-4-18-20(19)24-15-31-18/h3-9,15,25H,10-14H2,1-2H3. The Morgan fingerprint density at radius 2 is 1.81 bits per heavy atom. The van der Waals surface area contributed by atoms with Crippen molar-refractivity contribution in [1.29, 1.82) is 0 Å². The van der Waals surface area contributed by atoms with E-state index in [1.165, 1.54) is 11.3 Å². The normalized spacial score (nSPS) is 19.6. The number of thiazole rings is 1. The van der Waals surface area contributed by atoms with Crippen molar-refractivity contribution < 1.29 is 17.9 Å². The summed E-state index contributed by atoms with van der Waals surface area (Å²) in [5, 5.41) is 0. The molecule has 2 fully saturated rings. The van der Waals surface area contributed by atoms with E-state index in [-0.39, 0.29) is 22.0 Å². The minimum Gasteiger partial charge on any atom is -0.369 e. The van der Waals surface area contributed by atoms with Crippen LogP contribution in [0.15, 0.2) is 52.9 Å². The molecule has 5 rings (SSSR count). The minimum atomic E-state index is -3.80. The molecule has 1 aromatic heterocycles. The van der Waals surface area contributed by atoms with E-state index in [4.69, 9.17) is 4.74 Å². The van der Waals surface area contributed by atoms with Crippen LogP contribution in [0.3, 0.4) is 0 Å². The summed E-state index contributed by atoms with van der Waals surface area (Å²) in [7, 11) is -3.80. The molecule has 3 heterocycles. The van der Waals surface area contributed by atoms with Gasteiger partial charge in [0, 0.05) is 30.8 Å². The number of fused-ring (bicyclic) bond motifs is 1. The lowest BCUT2D eigenvalue weighted by Gasteiger charge is -2.56. The van der Waals surface area contributed by atoms with Crippen LogP contribution in [0, 0.1) is 0 Å². The fourth-order valence-electron chi connectivity index (χ4n) is 4.90. The molecule has 2 aliphatic rings. The van der Waals surface area contributed by atoms with Gasteiger partial charge in [-0.1, -0.05) is 6.07 Å². The molecule has 168 valence electrons. The maximum Gasteiger partial charge on any atom is 0.264 e. The number of amides is 1. The summed E-state index contributed by atoms with van der Waals surface area (Å²) in [4.78, 5) is 19.1. The first kappa shape index (κ1) is 21.4. The van der Waals surface area contributed by atoms with Gasteiger partial charge in [0.2, 0.25) is 0 Å².